The van der Waals surface area contributed by atoms with Crippen LogP contribution in [0.3, 0.4) is 0 Å². The number of pyridine rings is 1. The first-order valence-electron chi connectivity index (χ1n) is 7.57. The number of halogens is 3. The average molecular weight is 331 g/mol. The Kier molecular flexibility index (Phi) is 5.81. The second-order valence-electron chi connectivity index (χ2n) is 5.39. The van der Waals surface area contributed by atoms with Gasteiger partial charge in [-0.3, -0.25) is 9.69 Å². The van der Waals surface area contributed by atoms with Crippen LogP contribution in [0.5, 0.6) is 5.88 Å². The van der Waals surface area contributed by atoms with Crippen LogP contribution in [0.15, 0.2) is 18.3 Å². The van der Waals surface area contributed by atoms with Crippen molar-refractivity contribution in [2.24, 2.45) is 0 Å². The molecule has 0 aliphatic carbocycles. The first kappa shape index (κ1) is 17.5. The molecule has 0 saturated carbocycles. The summed E-state index contributed by atoms with van der Waals surface area (Å²) in [6, 6.07) is 3.16. The molecule has 1 aromatic heterocycles. The molecular formula is C15H20F3N3O2. The predicted octanol–water partition coefficient (Wildman–Crippen LogP) is 2.24. The number of hydrogen-bond donors (Lipinski definition) is 1. The zero-order chi connectivity index (χ0) is 16.9. The Bertz CT molecular complexity index is 537. The number of likely N-dealkylation sites (N-methyl/N-ethyl adjacent to an activating group) is 1. The van der Waals surface area contributed by atoms with Crippen LogP contribution in [0, 0.1) is 0 Å². The fourth-order valence-corrected chi connectivity index (χ4v) is 2.68. The summed E-state index contributed by atoms with van der Waals surface area (Å²) < 4.78 is 41.4. The number of carbonyl (C=O) groups excluding carboxylic acids is 1. The number of nitrogens with one attached hydrogen (secondary N) is 1. The third-order valence-corrected chi connectivity index (χ3v) is 3.79. The van der Waals surface area contributed by atoms with Crippen LogP contribution in [0.2, 0.25) is 0 Å². The molecule has 0 spiro atoms. The van der Waals surface area contributed by atoms with Gasteiger partial charge in [0, 0.05) is 18.8 Å². The van der Waals surface area contributed by atoms with Gasteiger partial charge < -0.3 is 10.1 Å². The zero-order valence-corrected chi connectivity index (χ0v) is 12.9. The summed E-state index contributed by atoms with van der Waals surface area (Å²) in [5.41, 5.74) is 0.0118. The molecule has 0 radical (unpaired) electrons. The van der Waals surface area contributed by atoms with Crippen LogP contribution < -0.4 is 10.1 Å². The molecule has 23 heavy (non-hydrogen) atoms. The molecule has 2 rings (SSSR count). The highest BCUT2D eigenvalue weighted by atomic mass is 19.4. The van der Waals surface area contributed by atoms with Crippen LogP contribution in [0.1, 0.15) is 30.1 Å². The van der Waals surface area contributed by atoms with E-state index in [2.05, 4.69) is 26.9 Å². The van der Waals surface area contributed by atoms with Gasteiger partial charge in [0.15, 0.2) is 6.61 Å². The lowest BCUT2D eigenvalue weighted by Gasteiger charge is -2.23. The van der Waals surface area contributed by atoms with Gasteiger partial charge >= 0.3 is 6.18 Å². The van der Waals surface area contributed by atoms with Gasteiger partial charge in [-0.15, -0.1) is 0 Å². The van der Waals surface area contributed by atoms with Crippen molar-refractivity contribution >= 4 is 5.91 Å². The molecule has 1 saturated heterocycles. The number of aromatic nitrogens is 1. The number of alkyl halides is 3. The van der Waals surface area contributed by atoms with Gasteiger partial charge in [-0.05, 0) is 38.1 Å². The summed E-state index contributed by atoms with van der Waals surface area (Å²) in [6.07, 6.45) is -1.10. The van der Waals surface area contributed by atoms with Crippen LogP contribution in [0.4, 0.5) is 13.2 Å². The molecule has 1 N–H and O–H groups in total. The van der Waals surface area contributed by atoms with Crippen molar-refractivity contribution < 1.29 is 22.7 Å². The van der Waals surface area contributed by atoms with Crippen molar-refractivity contribution in [2.75, 3.05) is 26.2 Å². The lowest BCUT2D eigenvalue weighted by molar-refractivity contribution is -0.154. The van der Waals surface area contributed by atoms with Crippen LogP contribution in [0.25, 0.3) is 0 Å². The number of hydrogen-bond acceptors (Lipinski definition) is 4. The first-order chi connectivity index (χ1) is 10.9. The van der Waals surface area contributed by atoms with Crippen molar-refractivity contribution in [3.63, 3.8) is 0 Å². The number of ether oxygens (including phenoxy) is 1. The quantitative estimate of drug-likeness (QED) is 0.869. The van der Waals surface area contributed by atoms with E-state index in [0.29, 0.717) is 6.54 Å². The largest absolute Gasteiger partial charge is 0.467 e. The maximum absolute atomic E-state index is 12.2. The Labute approximate surface area is 132 Å². The molecule has 5 nitrogen and oxygen atoms in total. The normalized spacial score (nSPS) is 18.9. The van der Waals surface area contributed by atoms with E-state index in [1.807, 2.05) is 0 Å². The van der Waals surface area contributed by atoms with Crippen molar-refractivity contribution in [2.45, 2.75) is 32.0 Å². The minimum absolute atomic E-state index is 0.0118. The third kappa shape index (κ3) is 5.09. The minimum Gasteiger partial charge on any atom is -0.467 e. The zero-order valence-electron chi connectivity index (χ0n) is 12.9. The number of carbonyl (C=O) groups is 1. The molecule has 8 heteroatoms. The van der Waals surface area contributed by atoms with Crippen LogP contribution in [-0.2, 0) is 0 Å². The SMILES string of the molecule is CCN1CCC[C@@H]1CNC(=O)c1cccnc1OCC(F)(F)F. The number of likely N-dealkylation sites (tertiary alicyclic amines) is 1. The minimum atomic E-state index is -4.48. The fourth-order valence-electron chi connectivity index (χ4n) is 2.68. The number of nitrogens with zero attached hydrogens (tertiary/aromatic N) is 2. The summed E-state index contributed by atoms with van der Waals surface area (Å²) in [4.78, 5) is 18.2. The van der Waals surface area contributed by atoms with Gasteiger partial charge in [-0.2, -0.15) is 13.2 Å². The van der Waals surface area contributed by atoms with Crippen molar-refractivity contribution in [3.8, 4) is 5.88 Å². The molecule has 1 aromatic rings. The maximum Gasteiger partial charge on any atom is 0.422 e. The molecular weight excluding hydrogens is 311 g/mol. The number of amides is 1. The Balaban J connectivity index is 1.96. The summed E-state index contributed by atoms with van der Waals surface area (Å²) in [6.45, 7) is 2.96. The third-order valence-electron chi connectivity index (χ3n) is 3.79. The van der Waals surface area contributed by atoms with Crippen LogP contribution >= 0.6 is 0 Å². The lowest BCUT2D eigenvalue weighted by atomic mass is 10.2. The fraction of sp³-hybridized carbons (Fsp3) is 0.600. The lowest BCUT2D eigenvalue weighted by Crippen LogP contribution is -2.40. The van der Waals surface area contributed by atoms with Crippen molar-refractivity contribution in [3.05, 3.63) is 23.9 Å². The van der Waals surface area contributed by atoms with Crippen molar-refractivity contribution in [1.82, 2.24) is 15.2 Å². The second-order valence-corrected chi connectivity index (χ2v) is 5.39. The van der Waals surface area contributed by atoms with Gasteiger partial charge in [0.2, 0.25) is 5.88 Å². The van der Waals surface area contributed by atoms with E-state index in [1.165, 1.54) is 18.3 Å². The molecule has 0 aromatic carbocycles. The molecule has 128 valence electrons. The highest BCUT2D eigenvalue weighted by Gasteiger charge is 2.30. The van der Waals surface area contributed by atoms with E-state index in [9.17, 15) is 18.0 Å². The predicted molar refractivity (Wildman–Crippen MR) is 78.4 cm³/mol. The molecule has 1 aliphatic heterocycles. The average Bonchev–Trinajstić information content (AvgIpc) is 2.97. The summed E-state index contributed by atoms with van der Waals surface area (Å²) >= 11 is 0. The molecule has 0 bridgehead atoms. The Morgan fingerprint density at radius 3 is 3.00 bits per heavy atom. The van der Waals surface area contributed by atoms with E-state index in [4.69, 9.17) is 0 Å². The van der Waals surface area contributed by atoms with Gasteiger partial charge in [0.05, 0.1) is 0 Å². The van der Waals surface area contributed by atoms with E-state index in [1.54, 1.807) is 0 Å². The molecule has 1 atom stereocenters. The summed E-state index contributed by atoms with van der Waals surface area (Å²) in [5, 5.41) is 2.76. The molecule has 1 aliphatic rings. The summed E-state index contributed by atoms with van der Waals surface area (Å²) in [7, 11) is 0. The second kappa shape index (κ2) is 7.63. The van der Waals surface area contributed by atoms with Crippen molar-refractivity contribution in [1.29, 1.82) is 0 Å². The summed E-state index contributed by atoms with van der Waals surface area (Å²) in [5.74, 6) is -0.778. The Morgan fingerprint density at radius 1 is 1.52 bits per heavy atom. The van der Waals surface area contributed by atoms with E-state index in [0.717, 1.165) is 25.9 Å². The first-order valence-corrected chi connectivity index (χ1v) is 7.57. The van der Waals surface area contributed by atoms with Gasteiger partial charge in [0.25, 0.3) is 5.91 Å². The molecule has 0 unspecified atom stereocenters. The van der Waals surface area contributed by atoms with Gasteiger partial charge in [-0.1, -0.05) is 6.92 Å². The topological polar surface area (TPSA) is 54.5 Å². The Hall–Kier alpha value is -1.83. The molecule has 2 heterocycles. The standard InChI is InChI=1S/C15H20F3N3O2/c1-2-21-8-4-5-11(21)9-20-13(22)12-6-3-7-19-14(12)23-10-15(16,17)18/h3,6-7,11H,2,4-5,8-10H2,1H3,(H,20,22)/t11-/m1/s1. The monoisotopic (exact) mass is 331 g/mol. The Morgan fingerprint density at radius 2 is 2.30 bits per heavy atom. The maximum atomic E-state index is 12.2. The van der Waals surface area contributed by atoms with Gasteiger partial charge in [0.1, 0.15) is 5.56 Å². The van der Waals surface area contributed by atoms with Crippen LogP contribution in [-0.4, -0.2) is 54.3 Å². The smallest absolute Gasteiger partial charge is 0.422 e. The molecule has 1 fully saturated rings. The van der Waals surface area contributed by atoms with E-state index >= 15 is 0 Å². The molecule has 1 amide bonds. The van der Waals surface area contributed by atoms with E-state index in [-0.39, 0.29) is 17.5 Å². The van der Waals surface area contributed by atoms with E-state index < -0.39 is 18.7 Å². The van der Waals surface area contributed by atoms with Gasteiger partial charge in [-0.25, -0.2) is 4.98 Å². The highest BCUT2D eigenvalue weighted by Crippen LogP contribution is 2.20. The number of rotatable bonds is 6. The highest BCUT2D eigenvalue weighted by molar-refractivity contribution is 5.96.